The molecule has 0 saturated heterocycles. The van der Waals surface area contributed by atoms with Crippen molar-refractivity contribution in [2.24, 2.45) is 0 Å². The molecule has 118 valence electrons. The van der Waals surface area contributed by atoms with Crippen LogP contribution in [0.5, 0.6) is 0 Å². The van der Waals surface area contributed by atoms with Crippen LogP contribution >= 0.6 is 31.9 Å². The lowest BCUT2D eigenvalue weighted by molar-refractivity contribution is -0.137. The molecule has 23 heavy (non-hydrogen) atoms. The first-order valence-corrected chi connectivity index (χ1v) is 7.84. The summed E-state index contributed by atoms with van der Waals surface area (Å²) in [5, 5.41) is 0. The number of hydrogen-bond acceptors (Lipinski definition) is 2. The highest BCUT2D eigenvalue weighted by Gasteiger charge is 2.39. The average molecular weight is 449 g/mol. The van der Waals surface area contributed by atoms with Crippen molar-refractivity contribution in [3.05, 3.63) is 62.0 Å². The van der Waals surface area contributed by atoms with Gasteiger partial charge in [0.05, 0.1) is 22.4 Å². The number of carbonyl (C=O) groups excluding carboxylic acids is 2. The molecule has 0 radical (unpaired) electrons. The monoisotopic (exact) mass is 447 g/mol. The molecule has 3 rings (SSSR count). The second kappa shape index (κ2) is 5.45. The van der Waals surface area contributed by atoms with Crippen LogP contribution in [0.15, 0.2) is 45.3 Å². The van der Waals surface area contributed by atoms with Crippen LogP contribution in [0.3, 0.4) is 0 Å². The Hall–Kier alpha value is -1.67. The third-order valence-electron chi connectivity index (χ3n) is 3.36. The number of benzene rings is 2. The fourth-order valence-corrected chi connectivity index (χ4v) is 3.88. The molecule has 0 aromatic heterocycles. The van der Waals surface area contributed by atoms with E-state index in [0.717, 1.165) is 17.0 Å². The molecule has 0 bridgehead atoms. The molecule has 0 atom stereocenters. The second-order valence-corrected chi connectivity index (χ2v) is 6.49. The Labute approximate surface area is 145 Å². The third kappa shape index (κ3) is 2.59. The van der Waals surface area contributed by atoms with E-state index in [0.29, 0.717) is 0 Å². The lowest BCUT2D eigenvalue weighted by Crippen LogP contribution is -2.30. The van der Waals surface area contributed by atoms with Crippen molar-refractivity contribution in [3.63, 3.8) is 0 Å². The molecule has 8 heteroatoms. The van der Waals surface area contributed by atoms with Crippen molar-refractivity contribution in [2.45, 2.75) is 6.18 Å². The molecular weight excluding hydrogens is 443 g/mol. The first-order valence-electron chi connectivity index (χ1n) is 6.26. The number of anilines is 1. The van der Waals surface area contributed by atoms with Crippen molar-refractivity contribution < 1.29 is 22.8 Å². The van der Waals surface area contributed by atoms with Crippen LogP contribution in [0.4, 0.5) is 18.9 Å². The lowest BCUT2D eigenvalue weighted by Gasteiger charge is -2.19. The maximum absolute atomic E-state index is 12.8. The molecule has 2 amide bonds. The number of nitrogens with zero attached hydrogens (tertiary/aromatic N) is 1. The molecule has 3 nitrogen and oxygen atoms in total. The Morgan fingerprint density at radius 1 is 0.870 bits per heavy atom. The van der Waals surface area contributed by atoms with Gasteiger partial charge in [-0.05, 0) is 56.1 Å². The first kappa shape index (κ1) is 16.2. The molecule has 0 spiro atoms. The van der Waals surface area contributed by atoms with E-state index in [1.807, 2.05) is 0 Å². The van der Waals surface area contributed by atoms with Gasteiger partial charge in [-0.15, -0.1) is 0 Å². The minimum absolute atomic E-state index is 0.00583. The van der Waals surface area contributed by atoms with Gasteiger partial charge in [0.2, 0.25) is 0 Å². The highest BCUT2D eigenvalue weighted by atomic mass is 79.9. The van der Waals surface area contributed by atoms with Crippen LogP contribution in [-0.4, -0.2) is 11.8 Å². The molecule has 1 aliphatic heterocycles. The van der Waals surface area contributed by atoms with Gasteiger partial charge in [0.15, 0.2) is 0 Å². The van der Waals surface area contributed by atoms with E-state index in [2.05, 4.69) is 31.9 Å². The molecule has 2 aromatic rings. The standard InChI is InChI=1S/C15H6Br2F3NO2/c16-10-5-7(15(18,19)20)6-11(17)12(10)21-13(22)8-3-1-2-4-9(8)14(21)23/h1-6H. The van der Waals surface area contributed by atoms with Gasteiger partial charge in [-0.1, -0.05) is 12.1 Å². The zero-order valence-corrected chi connectivity index (χ0v) is 14.3. The fraction of sp³-hybridized carbons (Fsp3) is 0.0667. The number of halogens is 5. The number of hydrogen-bond donors (Lipinski definition) is 0. The number of carbonyl (C=O) groups is 2. The van der Waals surface area contributed by atoms with Gasteiger partial charge in [-0.25, -0.2) is 4.90 Å². The molecule has 0 fully saturated rings. The molecule has 0 N–H and O–H groups in total. The van der Waals surface area contributed by atoms with Crippen LogP contribution in [0, 0.1) is 0 Å². The summed E-state index contributed by atoms with van der Waals surface area (Å²) in [5.74, 6) is -1.15. The Kier molecular flexibility index (Phi) is 3.84. The van der Waals surface area contributed by atoms with E-state index < -0.39 is 23.6 Å². The minimum atomic E-state index is -4.54. The number of amides is 2. The highest BCUT2D eigenvalue weighted by Crippen LogP contribution is 2.42. The average Bonchev–Trinajstić information content (AvgIpc) is 2.71. The van der Waals surface area contributed by atoms with Crippen LogP contribution < -0.4 is 4.90 Å². The predicted molar refractivity (Wildman–Crippen MR) is 84.4 cm³/mol. The van der Waals surface area contributed by atoms with Crippen molar-refractivity contribution in [1.82, 2.24) is 0 Å². The van der Waals surface area contributed by atoms with E-state index in [-0.39, 0.29) is 25.8 Å². The molecule has 0 unspecified atom stereocenters. The van der Waals surface area contributed by atoms with Crippen LogP contribution in [0.1, 0.15) is 26.3 Å². The number of fused-ring (bicyclic) bond motifs is 1. The zero-order chi connectivity index (χ0) is 16.9. The Morgan fingerprint density at radius 3 is 1.70 bits per heavy atom. The fourth-order valence-electron chi connectivity index (χ4n) is 2.34. The Bertz CT molecular complexity index is 791. The summed E-state index contributed by atoms with van der Waals surface area (Å²) in [4.78, 5) is 25.7. The van der Waals surface area contributed by atoms with E-state index in [1.54, 1.807) is 12.1 Å². The van der Waals surface area contributed by atoms with Gasteiger partial charge >= 0.3 is 6.18 Å². The topological polar surface area (TPSA) is 37.4 Å². The molecular formula is C15H6Br2F3NO2. The third-order valence-corrected chi connectivity index (χ3v) is 4.57. The van der Waals surface area contributed by atoms with Gasteiger partial charge in [0.25, 0.3) is 11.8 Å². The SMILES string of the molecule is O=C1c2ccccc2C(=O)N1c1c(Br)cc(C(F)(F)F)cc1Br. The summed E-state index contributed by atoms with van der Waals surface area (Å²) < 4.78 is 38.5. The summed E-state index contributed by atoms with van der Waals surface area (Å²) in [6, 6.07) is 7.91. The van der Waals surface area contributed by atoms with Crippen LogP contribution in [-0.2, 0) is 6.18 Å². The number of alkyl halides is 3. The van der Waals surface area contributed by atoms with Crippen molar-refractivity contribution in [2.75, 3.05) is 4.90 Å². The minimum Gasteiger partial charge on any atom is -0.268 e. The van der Waals surface area contributed by atoms with Gasteiger partial charge in [0, 0.05) is 8.95 Å². The Morgan fingerprint density at radius 2 is 1.30 bits per heavy atom. The predicted octanol–water partition coefficient (Wildman–Crippen LogP) is 5.03. The summed E-state index contributed by atoms with van der Waals surface area (Å²) >= 11 is 6.05. The van der Waals surface area contributed by atoms with E-state index >= 15 is 0 Å². The summed E-state index contributed by atoms with van der Waals surface area (Å²) in [7, 11) is 0. The maximum Gasteiger partial charge on any atom is 0.416 e. The van der Waals surface area contributed by atoms with Gasteiger partial charge < -0.3 is 0 Å². The largest absolute Gasteiger partial charge is 0.416 e. The van der Waals surface area contributed by atoms with Crippen molar-refractivity contribution in [3.8, 4) is 0 Å². The van der Waals surface area contributed by atoms with Crippen molar-refractivity contribution in [1.29, 1.82) is 0 Å². The summed E-state index contributed by atoms with van der Waals surface area (Å²) in [6.45, 7) is 0. The maximum atomic E-state index is 12.8. The normalized spacial score (nSPS) is 14.4. The molecule has 0 aliphatic carbocycles. The lowest BCUT2D eigenvalue weighted by atomic mass is 10.1. The van der Waals surface area contributed by atoms with Gasteiger partial charge in [-0.2, -0.15) is 13.2 Å². The molecule has 2 aromatic carbocycles. The van der Waals surface area contributed by atoms with Gasteiger partial charge in [0.1, 0.15) is 0 Å². The van der Waals surface area contributed by atoms with Gasteiger partial charge in [-0.3, -0.25) is 9.59 Å². The van der Waals surface area contributed by atoms with Crippen LogP contribution in [0.2, 0.25) is 0 Å². The van der Waals surface area contributed by atoms with E-state index in [4.69, 9.17) is 0 Å². The van der Waals surface area contributed by atoms with E-state index in [1.165, 1.54) is 12.1 Å². The second-order valence-electron chi connectivity index (χ2n) is 4.78. The van der Waals surface area contributed by atoms with Crippen LogP contribution in [0.25, 0.3) is 0 Å². The number of imide groups is 1. The first-order chi connectivity index (χ1) is 10.7. The molecule has 1 aliphatic rings. The highest BCUT2D eigenvalue weighted by molar-refractivity contribution is 9.11. The summed E-state index contributed by atoms with van der Waals surface area (Å²) in [6.07, 6.45) is -4.54. The van der Waals surface area contributed by atoms with Crippen molar-refractivity contribution >= 4 is 49.4 Å². The van der Waals surface area contributed by atoms with E-state index in [9.17, 15) is 22.8 Å². The number of rotatable bonds is 1. The zero-order valence-electron chi connectivity index (χ0n) is 11.1. The Balaban J connectivity index is 2.15. The summed E-state index contributed by atoms with van der Waals surface area (Å²) in [5.41, 5.74) is -0.409. The molecule has 1 heterocycles. The molecule has 0 saturated carbocycles. The smallest absolute Gasteiger partial charge is 0.268 e. The quantitative estimate of drug-likeness (QED) is 0.573.